The summed E-state index contributed by atoms with van der Waals surface area (Å²) in [6.45, 7) is 5.33. The van der Waals surface area contributed by atoms with E-state index >= 15 is 0 Å². The minimum absolute atomic E-state index is 0.0353. The molecule has 2 aromatic heterocycles. The van der Waals surface area contributed by atoms with Crippen molar-refractivity contribution < 1.29 is 9.90 Å². The molecule has 0 bridgehead atoms. The van der Waals surface area contributed by atoms with Crippen molar-refractivity contribution in [2.45, 2.75) is 26.3 Å². The highest BCUT2D eigenvalue weighted by Gasteiger charge is 2.36. The summed E-state index contributed by atoms with van der Waals surface area (Å²) in [6.07, 6.45) is 1.75. The molecular formula is C17H22N4O2. The van der Waals surface area contributed by atoms with E-state index < -0.39 is 0 Å². The molecule has 0 saturated carbocycles. The maximum absolute atomic E-state index is 12.6. The summed E-state index contributed by atoms with van der Waals surface area (Å²) >= 11 is 0. The third kappa shape index (κ3) is 3.27. The Morgan fingerprint density at radius 1 is 1.35 bits per heavy atom. The molecular weight excluding hydrogens is 292 g/mol. The fourth-order valence-electron chi connectivity index (χ4n) is 3.25. The number of pyridine rings is 1. The molecule has 0 unspecified atom stereocenters. The molecule has 1 aliphatic rings. The Bertz CT molecular complexity index is 683. The minimum atomic E-state index is 0.0353. The van der Waals surface area contributed by atoms with Gasteiger partial charge in [0, 0.05) is 49.1 Å². The van der Waals surface area contributed by atoms with Gasteiger partial charge >= 0.3 is 0 Å². The molecule has 1 N–H and O–H groups in total. The molecule has 1 amide bonds. The molecule has 23 heavy (non-hydrogen) atoms. The zero-order valence-electron chi connectivity index (χ0n) is 13.5. The largest absolute Gasteiger partial charge is 0.396 e. The van der Waals surface area contributed by atoms with Crippen LogP contribution in [0.4, 0.5) is 0 Å². The number of carbonyl (C=O) groups is 1. The van der Waals surface area contributed by atoms with E-state index in [2.05, 4.69) is 10.1 Å². The van der Waals surface area contributed by atoms with Crippen molar-refractivity contribution >= 4 is 5.91 Å². The molecule has 0 radical (unpaired) electrons. The molecule has 1 saturated heterocycles. The van der Waals surface area contributed by atoms with Crippen LogP contribution in [-0.4, -0.2) is 50.4 Å². The van der Waals surface area contributed by atoms with Crippen LogP contribution in [0.25, 0.3) is 0 Å². The first-order valence-electron chi connectivity index (χ1n) is 7.89. The quantitative estimate of drug-likeness (QED) is 0.918. The monoisotopic (exact) mass is 314 g/mol. The smallest absolute Gasteiger partial charge is 0.244 e. The lowest BCUT2D eigenvalue weighted by molar-refractivity contribution is -0.131. The summed E-state index contributed by atoms with van der Waals surface area (Å²) in [5, 5.41) is 14.0. The van der Waals surface area contributed by atoms with E-state index in [9.17, 15) is 9.90 Å². The lowest BCUT2D eigenvalue weighted by Crippen LogP contribution is -2.33. The molecule has 0 aromatic carbocycles. The SMILES string of the molecule is Cc1cc(C)n(CC(=O)N2C[C@@H](CO)[C@H](c3ccccn3)C2)n1. The summed E-state index contributed by atoms with van der Waals surface area (Å²) in [4.78, 5) is 18.8. The molecule has 1 aliphatic heterocycles. The second kappa shape index (κ2) is 6.50. The molecule has 1 fully saturated rings. The average Bonchev–Trinajstić information content (AvgIpc) is 3.11. The van der Waals surface area contributed by atoms with Crippen LogP contribution >= 0.6 is 0 Å². The van der Waals surface area contributed by atoms with E-state index in [1.165, 1.54) is 0 Å². The van der Waals surface area contributed by atoms with Gasteiger partial charge in [0.2, 0.25) is 5.91 Å². The lowest BCUT2D eigenvalue weighted by Gasteiger charge is -2.17. The molecule has 3 heterocycles. The Morgan fingerprint density at radius 2 is 2.17 bits per heavy atom. The van der Waals surface area contributed by atoms with Gasteiger partial charge < -0.3 is 10.0 Å². The average molecular weight is 314 g/mol. The summed E-state index contributed by atoms with van der Waals surface area (Å²) in [5.41, 5.74) is 2.83. The van der Waals surface area contributed by atoms with Crippen LogP contribution in [0.15, 0.2) is 30.5 Å². The Kier molecular flexibility index (Phi) is 4.43. The summed E-state index contributed by atoms with van der Waals surface area (Å²) in [5.74, 6) is 0.160. The zero-order chi connectivity index (χ0) is 16.4. The van der Waals surface area contributed by atoms with Crippen LogP contribution in [0, 0.1) is 19.8 Å². The number of amides is 1. The van der Waals surface area contributed by atoms with Crippen LogP contribution in [0.5, 0.6) is 0 Å². The molecule has 0 spiro atoms. The number of aliphatic hydroxyl groups excluding tert-OH is 1. The third-order valence-corrected chi connectivity index (χ3v) is 4.48. The van der Waals surface area contributed by atoms with Gasteiger partial charge in [-0.1, -0.05) is 6.07 Å². The second-order valence-electron chi connectivity index (χ2n) is 6.19. The van der Waals surface area contributed by atoms with E-state index in [1.807, 2.05) is 43.0 Å². The van der Waals surface area contributed by atoms with E-state index in [-0.39, 0.29) is 30.9 Å². The Hall–Kier alpha value is -2.21. The van der Waals surface area contributed by atoms with Gasteiger partial charge in [0.25, 0.3) is 0 Å². The van der Waals surface area contributed by atoms with Gasteiger partial charge in [-0.15, -0.1) is 0 Å². The van der Waals surface area contributed by atoms with Gasteiger partial charge in [0.05, 0.1) is 5.69 Å². The van der Waals surface area contributed by atoms with Crippen molar-refractivity contribution in [3.05, 3.63) is 47.5 Å². The van der Waals surface area contributed by atoms with E-state index in [4.69, 9.17) is 0 Å². The standard InChI is InChI=1S/C17H22N4O2/c1-12-7-13(2)21(19-12)10-17(23)20-8-14(11-22)15(9-20)16-5-3-4-6-18-16/h3-7,14-15,22H,8-11H2,1-2H3/t14-,15+/m0/s1. The van der Waals surface area contributed by atoms with Gasteiger partial charge in [-0.3, -0.25) is 14.5 Å². The van der Waals surface area contributed by atoms with Gasteiger partial charge in [0.1, 0.15) is 6.54 Å². The maximum atomic E-state index is 12.6. The summed E-state index contributed by atoms with van der Waals surface area (Å²) < 4.78 is 1.74. The number of aryl methyl sites for hydroxylation is 2. The molecule has 2 aromatic rings. The van der Waals surface area contributed by atoms with Crippen molar-refractivity contribution in [3.8, 4) is 0 Å². The van der Waals surface area contributed by atoms with Crippen LogP contribution < -0.4 is 0 Å². The number of hydrogen-bond donors (Lipinski definition) is 1. The highest BCUT2D eigenvalue weighted by Crippen LogP contribution is 2.31. The third-order valence-electron chi connectivity index (χ3n) is 4.48. The van der Waals surface area contributed by atoms with Gasteiger partial charge in [0.15, 0.2) is 0 Å². The topological polar surface area (TPSA) is 71.2 Å². The maximum Gasteiger partial charge on any atom is 0.244 e. The van der Waals surface area contributed by atoms with Crippen molar-refractivity contribution in [2.75, 3.05) is 19.7 Å². The number of aliphatic hydroxyl groups is 1. The van der Waals surface area contributed by atoms with E-state index in [0.717, 1.165) is 17.1 Å². The predicted octanol–water partition coefficient (Wildman–Crippen LogP) is 1.13. The lowest BCUT2D eigenvalue weighted by atomic mass is 9.93. The molecule has 3 rings (SSSR count). The van der Waals surface area contributed by atoms with Crippen LogP contribution in [0.2, 0.25) is 0 Å². The Labute approximate surface area is 135 Å². The van der Waals surface area contributed by atoms with Gasteiger partial charge in [-0.05, 0) is 32.0 Å². The minimum Gasteiger partial charge on any atom is -0.396 e. The Balaban J connectivity index is 1.72. The normalized spacial score (nSPS) is 20.9. The van der Waals surface area contributed by atoms with Crippen LogP contribution in [0.3, 0.4) is 0 Å². The number of hydrogen-bond acceptors (Lipinski definition) is 4. The fourth-order valence-corrected chi connectivity index (χ4v) is 3.25. The number of aromatic nitrogens is 3. The van der Waals surface area contributed by atoms with E-state index in [1.54, 1.807) is 10.9 Å². The number of nitrogens with zero attached hydrogens (tertiary/aromatic N) is 4. The van der Waals surface area contributed by atoms with Crippen molar-refractivity contribution in [3.63, 3.8) is 0 Å². The number of likely N-dealkylation sites (tertiary alicyclic amines) is 1. The van der Waals surface area contributed by atoms with E-state index in [0.29, 0.717) is 13.1 Å². The summed E-state index contributed by atoms with van der Waals surface area (Å²) in [7, 11) is 0. The van der Waals surface area contributed by atoms with Crippen molar-refractivity contribution in [1.29, 1.82) is 0 Å². The first-order valence-corrected chi connectivity index (χ1v) is 7.89. The number of rotatable bonds is 4. The van der Waals surface area contributed by atoms with Gasteiger partial charge in [-0.2, -0.15) is 5.10 Å². The molecule has 6 heteroatoms. The first-order chi connectivity index (χ1) is 11.1. The first kappa shape index (κ1) is 15.7. The number of carbonyl (C=O) groups excluding carboxylic acids is 1. The molecule has 122 valence electrons. The van der Waals surface area contributed by atoms with Gasteiger partial charge in [-0.25, -0.2) is 0 Å². The van der Waals surface area contributed by atoms with Crippen molar-refractivity contribution in [1.82, 2.24) is 19.7 Å². The van der Waals surface area contributed by atoms with Crippen LogP contribution in [-0.2, 0) is 11.3 Å². The molecule has 0 aliphatic carbocycles. The van der Waals surface area contributed by atoms with Crippen LogP contribution in [0.1, 0.15) is 23.0 Å². The molecule has 2 atom stereocenters. The zero-order valence-corrected chi connectivity index (χ0v) is 13.5. The second-order valence-corrected chi connectivity index (χ2v) is 6.19. The highest BCUT2D eigenvalue weighted by atomic mass is 16.3. The highest BCUT2D eigenvalue weighted by molar-refractivity contribution is 5.76. The molecule has 6 nitrogen and oxygen atoms in total. The summed E-state index contributed by atoms with van der Waals surface area (Å²) in [6, 6.07) is 7.74. The predicted molar refractivity (Wildman–Crippen MR) is 85.8 cm³/mol. The Morgan fingerprint density at radius 3 is 2.78 bits per heavy atom. The van der Waals surface area contributed by atoms with Crippen molar-refractivity contribution in [2.24, 2.45) is 5.92 Å². The fraction of sp³-hybridized carbons (Fsp3) is 0.471.